The van der Waals surface area contributed by atoms with E-state index in [4.69, 9.17) is 18.9 Å². The first-order valence-electron chi connectivity index (χ1n) is 6.21. The molecule has 0 unspecified atom stereocenters. The zero-order valence-corrected chi connectivity index (χ0v) is 13.6. The van der Waals surface area contributed by atoms with E-state index in [0.29, 0.717) is 34.2 Å². The highest BCUT2D eigenvalue weighted by atomic mass is 79.9. The Labute approximate surface area is 131 Å². The monoisotopic (exact) mass is 353 g/mol. The Bertz CT molecular complexity index is 593. The van der Waals surface area contributed by atoms with Gasteiger partial charge in [0.25, 0.3) is 0 Å². The third kappa shape index (κ3) is 3.39. The normalized spacial score (nSPS) is 10.1. The molecule has 6 heteroatoms. The number of hydrogen-bond donors (Lipinski definition) is 0. The number of ether oxygens (including phenoxy) is 4. The highest BCUT2D eigenvalue weighted by molar-refractivity contribution is 9.08. The zero-order valence-electron chi connectivity index (χ0n) is 12.1. The van der Waals surface area contributed by atoms with Crippen molar-refractivity contribution in [2.45, 2.75) is 5.33 Å². The van der Waals surface area contributed by atoms with Crippen molar-refractivity contribution in [3.8, 4) is 28.9 Å². The van der Waals surface area contributed by atoms with Gasteiger partial charge in [0.2, 0.25) is 11.6 Å². The number of hydrogen-bond acceptors (Lipinski definition) is 5. The van der Waals surface area contributed by atoms with Crippen molar-refractivity contribution >= 4 is 15.9 Å². The molecule has 0 aliphatic heterocycles. The molecule has 0 amide bonds. The Morgan fingerprint density at radius 3 is 2.24 bits per heavy atom. The average molecular weight is 354 g/mol. The maximum Gasteiger partial charge on any atom is 0.223 e. The van der Waals surface area contributed by atoms with Crippen molar-refractivity contribution in [2.24, 2.45) is 0 Å². The Kier molecular flexibility index (Phi) is 5.27. The van der Waals surface area contributed by atoms with Crippen LogP contribution in [0.25, 0.3) is 0 Å². The minimum Gasteiger partial charge on any atom is -0.493 e. The van der Waals surface area contributed by atoms with E-state index in [-0.39, 0.29) is 0 Å². The van der Waals surface area contributed by atoms with Crippen molar-refractivity contribution in [3.63, 3.8) is 0 Å². The van der Waals surface area contributed by atoms with Crippen molar-refractivity contribution < 1.29 is 18.9 Å². The van der Waals surface area contributed by atoms with Crippen molar-refractivity contribution in [3.05, 3.63) is 36.0 Å². The average Bonchev–Trinajstić information content (AvgIpc) is 2.54. The molecule has 21 heavy (non-hydrogen) atoms. The summed E-state index contributed by atoms with van der Waals surface area (Å²) in [5, 5.41) is 0.653. The summed E-state index contributed by atoms with van der Waals surface area (Å²) in [5.41, 5.74) is 0.950. The van der Waals surface area contributed by atoms with Gasteiger partial charge in [-0.25, -0.2) is 4.98 Å². The number of nitrogens with zero attached hydrogens (tertiary/aromatic N) is 1. The van der Waals surface area contributed by atoms with Crippen molar-refractivity contribution in [1.82, 2.24) is 4.98 Å². The van der Waals surface area contributed by atoms with Crippen LogP contribution >= 0.6 is 15.9 Å². The second-order valence-electron chi connectivity index (χ2n) is 4.06. The second kappa shape index (κ2) is 7.17. The first-order valence-corrected chi connectivity index (χ1v) is 7.33. The van der Waals surface area contributed by atoms with Crippen molar-refractivity contribution in [1.29, 1.82) is 0 Å². The van der Waals surface area contributed by atoms with Gasteiger partial charge in [0.15, 0.2) is 11.5 Å². The topological polar surface area (TPSA) is 49.8 Å². The van der Waals surface area contributed by atoms with Crippen LogP contribution in [0.5, 0.6) is 28.9 Å². The molecule has 0 atom stereocenters. The number of rotatable bonds is 6. The molecule has 0 spiro atoms. The molecule has 112 valence electrons. The number of halogens is 1. The molecule has 5 nitrogen and oxygen atoms in total. The van der Waals surface area contributed by atoms with Crippen molar-refractivity contribution in [2.75, 3.05) is 21.3 Å². The van der Waals surface area contributed by atoms with E-state index in [0.717, 1.165) is 5.56 Å². The summed E-state index contributed by atoms with van der Waals surface area (Å²) in [6, 6.07) is 7.26. The smallest absolute Gasteiger partial charge is 0.223 e. The Morgan fingerprint density at radius 2 is 1.71 bits per heavy atom. The van der Waals surface area contributed by atoms with Crippen LogP contribution in [0, 0.1) is 0 Å². The maximum atomic E-state index is 5.83. The predicted molar refractivity (Wildman–Crippen MR) is 83.0 cm³/mol. The summed E-state index contributed by atoms with van der Waals surface area (Å²) in [6.07, 6.45) is 1.68. The lowest BCUT2D eigenvalue weighted by molar-refractivity contribution is 0.320. The number of aromatic nitrogens is 1. The summed E-state index contributed by atoms with van der Waals surface area (Å²) in [4.78, 5) is 4.23. The number of alkyl halides is 1. The summed E-state index contributed by atoms with van der Waals surface area (Å²) in [5.74, 6) is 2.68. The molecule has 1 aromatic carbocycles. The lowest BCUT2D eigenvalue weighted by Gasteiger charge is -2.15. The standard InChI is InChI=1S/C15H16BrNO4/c1-18-12-7-11(8-13(19-2)14(12)20-3)21-15-10(9-16)5-4-6-17-15/h4-8H,9H2,1-3H3. The van der Waals surface area contributed by atoms with E-state index in [1.165, 1.54) is 0 Å². The summed E-state index contributed by atoms with van der Waals surface area (Å²) in [6.45, 7) is 0. The lowest BCUT2D eigenvalue weighted by atomic mass is 10.2. The molecule has 0 bridgehead atoms. The van der Waals surface area contributed by atoms with E-state index in [1.807, 2.05) is 12.1 Å². The highest BCUT2D eigenvalue weighted by Gasteiger charge is 2.15. The number of benzene rings is 1. The Hall–Kier alpha value is -1.95. The van der Waals surface area contributed by atoms with Gasteiger partial charge in [0.05, 0.1) is 21.3 Å². The van der Waals surface area contributed by atoms with Crippen LogP contribution in [-0.2, 0) is 5.33 Å². The molecule has 0 aliphatic rings. The number of pyridine rings is 1. The van der Waals surface area contributed by atoms with Gasteiger partial charge in [-0.15, -0.1) is 0 Å². The molecule has 2 aromatic rings. The SMILES string of the molecule is COc1cc(Oc2ncccc2CBr)cc(OC)c1OC. The van der Waals surface area contributed by atoms with Crippen LogP contribution in [0.4, 0.5) is 0 Å². The fourth-order valence-electron chi connectivity index (χ4n) is 1.85. The third-order valence-electron chi connectivity index (χ3n) is 2.85. The van der Waals surface area contributed by atoms with E-state index >= 15 is 0 Å². The Morgan fingerprint density at radius 1 is 1.05 bits per heavy atom. The Balaban J connectivity index is 2.40. The van der Waals surface area contributed by atoms with Gasteiger partial charge in [0, 0.05) is 29.2 Å². The third-order valence-corrected chi connectivity index (χ3v) is 3.45. The van der Waals surface area contributed by atoms with Crippen LogP contribution < -0.4 is 18.9 Å². The molecule has 0 saturated carbocycles. The fraction of sp³-hybridized carbons (Fsp3) is 0.267. The van der Waals surface area contributed by atoms with E-state index in [2.05, 4.69) is 20.9 Å². The largest absolute Gasteiger partial charge is 0.493 e. The van der Waals surface area contributed by atoms with Crippen LogP contribution in [0.15, 0.2) is 30.5 Å². The molecule has 0 saturated heterocycles. The summed E-state index contributed by atoms with van der Waals surface area (Å²) in [7, 11) is 4.68. The van der Waals surface area contributed by atoms with Gasteiger partial charge in [-0.1, -0.05) is 22.0 Å². The molecule has 0 N–H and O–H groups in total. The van der Waals surface area contributed by atoms with Gasteiger partial charge >= 0.3 is 0 Å². The van der Waals surface area contributed by atoms with E-state index in [9.17, 15) is 0 Å². The van der Waals surface area contributed by atoms with Crippen LogP contribution in [0.1, 0.15) is 5.56 Å². The quantitative estimate of drug-likeness (QED) is 0.739. The maximum absolute atomic E-state index is 5.83. The molecule has 0 radical (unpaired) electrons. The van der Waals surface area contributed by atoms with Crippen LogP contribution in [0.2, 0.25) is 0 Å². The molecule has 1 heterocycles. The molecule has 2 rings (SSSR count). The van der Waals surface area contributed by atoms with Crippen LogP contribution in [-0.4, -0.2) is 26.3 Å². The lowest BCUT2D eigenvalue weighted by Crippen LogP contribution is -1.97. The minimum absolute atomic E-state index is 0.522. The van der Waals surface area contributed by atoms with Gasteiger partial charge in [0.1, 0.15) is 5.75 Å². The molecule has 1 aromatic heterocycles. The van der Waals surface area contributed by atoms with Gasteiger partial charge in [-0.05, 0) is 6.07 Å². The minimum atomic E-state index is 0.522. The highest BCUT2D eigenvalue weighted by Crippen LogP contribution is 2.42. The summed E-state index contributed by atoms with van der Waals surface area (Å²) < 4.78 is 21.7. The molecular weight excluding hydrogens is 338 g/mol. The predicted octanol–water partition coefficient (Wildman–Crippen LogP) is 3.79. The zero-order chi connectivity index (χ0) is 15.2. The van der Waals surface area contributed by atoms with Gasteiger partial charge < -0.3 is 18.9 Å². The summed E-state index contributed by atoms with van der Waals surface area (Å²) >= 11 is 3.41. The molecular formula is C15H16BrNO4. The van der Waals surface area contributed by atoms with Gasteiger partial charge in [-0.2, -0.15) is 0 Å². The fourth-order valence-corrected chi connectivity index (χ4v) is 2.27. The van der Waals surface area contributed by atoms with E-state index in [1.54, 1.807) is 39.7 Å². The second-order valence-corrected chi connectivity index (χ2v) is 4.63. The number of methoxy groups -OCH3 is 3. The molecule has 0 aliphatic carbocycles. The van der Waals surface area contributed by atoms with E-state index < -0.39 is 0 Å². The van der Waals surface area contributed by atoms with Crippen LogP contribution in [0.3, 0.4) is 0 Å². The van der Waals surface area contributed by atoms with Gasteiger partial charge in [-0.3, -0.25) is 0 Å². The first kappa shape index (κ1) is 15.4. The first-order chi connectivity index (χ1) is 10.2. The molecule has 0 fully saturated rings.